The Hall–Kier alpha value is -2.89. The SMILES string of the molecule is O=C1c2ccccc2CC[C@]12C(=Nc1ccc(Cl)cc1)S/C(=N\O)[C@@H]2c1ccccc1. The minimum atomic E-state index is -0.915. The number of nitrogens with zero attached hydrogens (tertiary/aromatic N) is 2. The summed E-state index contributed by atoms with van der Waals surface area (Å²) in [7, 11) is 0. The summed E-state index contributed by atoms with van der Waals surface area (Å²) in [5, 5.41) is 15.3. The van der Waals surface area contributed by atoms with Gasteiger partial charge in [-0.3, -0.25) is 4.79 Å². The molecule has 1 aliphatic carbocycles. The summed E-state index contributed by atoms with van der Waals surface area (Å²) in [6, 6.07) is 24.8. The molecule has 0 radical (unpaired) electrons. The van der Waals surface area contributed by atoms with E-state index in [0.29, 0.717) is 27.2 Å². The fourth-order valence-corrected chi connectivity index (χ4v) is 6.08. The lowest BCUT2D eigenvalue weighted by Gasteiger charge is -2.37. The predicted octanol–water partition coefficient (Wildman–Crippen LogP) is 6.50. The molecule has 0 amide bonds. The van der Waals surface area contributed by atoms with Gasteiger partial charge >= 0.3 is 0 Å². The summed E-state index contributed by atoms with van der Waals surface area (Å²) in [6.07, 6.45) is 1.35. The molecule has 2 atom stereocenters. The van der Waals surface area contributed by atoms with E-state index in [1.165, 1.54) is 11.8 Å². The second-order valence-electron chi connectivity index (χ2n) is 7.73. The van der Waals surface area contributed by atoms with Crippen LogP contribution in [0.2, 0.25) is 5.02 Å². The third-order valence-corrected chi connectivity index (χ3v) is 7.49. The highest BCUT2D eigenvalue weighted by Gasteiger charge is 2.59. The Morgan fingerprint density at radius 1 is 0.968 bits per heavy atom. The molecule has 6 heteroatoms. The molecule has 1 spiro atoms. The van der Waals surface area contributed by atoms with Crippen LogP contribution in [0.3, 0.4) is 0 Å². The number of hydrogen-bond donors (Lipinski definition) is 1. The van der Waals surface area contributed by atoms with Gasteiger partial charge < -0.3 is 5.21 Å². The molecule has 1 heterocycles. The minimum absolute atomic E-state index is 0.0297. The number of rotatable bonds is 2. The van der Waals surface area contributed by atoms with E-state index in [4.69, 9.17) is 16.6 Å². The van der Waals surface area contributed by atoms with E-state index in [-0.39, 0.29) is 5.78 Å². The number of thioether (sulfide) groups is 1. The van der Waals surface area contributed by atoms with E-state index >= 15 is 0 Å². The zero-order valence-electron chi connectivity index (χ0n) is 16.5. The van der Waals surface area contributed by atoms with Gasteiger partial charge in [-0.25, -0.2) is 4.99 Å². The molecule has 1 saturated heterocycles. The Kier molecular flexibility index (Phi) is 5.16. The number of ketones is 1. The van der Waals surface area contributed by atoms with Gasteiger partial charge in [-0.15, -0.1) is 0 Å². The number of aryl methyl sites for hydroxylation is 1. The Labute approximate surface area is 189 Å². The Balaban J connectivity index is 1.74. The first-order chi connectivity index (χ1) is 15.1. The van der Waals surface area contributed by atoms with Crippen molar-refractivity contribution in [3.05, 3.63) is 101 Å². The maximum atomic E-state index is 14.1. The third-order valence-electron chi connectivity index (χ3n) is 6.07. The highest BCUT2D eigenvalue weighted by molar-refractivity contribution is 8.27. The zero-order chi connectivity index (χ0) is 21.4. The number of carbonyl (C=O) groups excluding carboxylic acids is 1. The highest BCUT2D eigenvalue weighted by atomic mass is 35.5. The summed E-state index contributed by atoms with van der Waals surface area (Å²) in [4.78, 5) is 19.0. The van der Waals surface area contributed by atoms with Crippen molar-refractivity contribution >= 4 is 44.9 Å². The van der Waals surface area contributed by atoms with Crippen LogP contribution in [0, 0.1) is 5.41 Å². The van der Waals surface area contributed by atoms with Crippen LogP contribution >= 0.6 is 23.4 Å². The topological polar surface area (TPSA) is 62.0 Å². The quantitative estimate of drug-likeness (QED) is 0.360. The second-order valence-corrected chi connectivity index (χ2v) is 9.18. The van der Waals surface area contributed by atoms with Crippen molar-refractivity contribution in [3.63, 3.8) is 0 Å². The third kappa shape index (κ3) is 3.29. The molecule has 1 fully saturated rings. The second kappa shape index (κ2) is 7.98. The normalized spacial score (nSPS) is 25.3. The number of aliphatic imine (C=N–C) groups is 1. The first-order valence-electron chi connectivity index (χ1n) is 10.1. The van der Waals surface area contributed by atoms with Gasteiger partial charge in [0.1, 0.15) is 5.04 Å². The maximum Gasteiger partial charge on any atom is 0.176 e. The molecule has 1 aliphatic heterocycles. The lowest BCUT2D eigenvalue weighted by Crippen LogP contribution is -2.44. The first kappa shape index (κ1) is 20.0. The number of fused-ring (bicyclic) bond motifs is 1. The lowest BCUT2D eigenvalue weighted by molar-refractivity contribution is 0.0843. The molecule has 4 nitrogen and oxygen atoms in total. The van der Waals surface area contributed by atoms with Crippen LogP contribution in [0.1, 0.15) is 33.8 Å². The molecule has 5 rings (SSSR count). The number of Topliss-reactive ketones (excluding diaryl/α,β-unsaturated/α-hetero) is 1. The van der Waals surface area contributed by atoms with Crippen LogP contribution in [0.15, 0.2) is 89.0 Å². The molecule has 31 heavy (non-hydrogen) atoms. The van der Waals surface area contributed by atoms with Crippen molar-refractivity contribution in [2.24, 2.45) is 15.6 Å². The molecular formula is C25H19ClN2O2S. The minimum Gasteiger partial charge on any atom is -0.410 e. The highest BCUT2D eigenvalue weighted by Crippen LogP contribution is 2.57. The van der Waals surface area contributed by atoms with Crippen LogP contribution in [-0.4, -0.2) is 21.1 Å². The van der Waals surface area contributed by atoms with Crippen LogP contribution in [0.25, 0.3) is 0 Å². The van der Waals surface area contributed by atoms with E-state index in [1.54, 1.807) is 12.1 Å². The smallest absolute Gasteiger partial charge is 0.176 e. The van der Waals surface area contributed by atoms with Crippen molar-refractivity contribution in [2.75, 3.05) is 0 Å². The standard InChI is InChI=1S/C25H19ClN2O2S/c26-18-10-12-19(13-11-18)27-24-25(15-14-16-6-4-5-9-20(16)22(25)29)21(23(28-30)31-24)17-7-2-1-3-8-17/h1-13,21,30H,14-15H2/b27-24?,28-23-/t21-,25+/m0/s1. The molecule has 0 bridgehead atoms. The summed E-state index contributed by atoms with van der Waals surface area (Å²) in [5.74, 6) is -0.363. The van der Waals surface area contributed by atoms with E-state index in [9.17, 15) is 10.0 Å². The number of oxime groups is 1. The van der Waals surface area contributed by atoms with Crippen molar-refractivity contribution in [1.82, 2.24) is 0 Å². The van der Waals surface area contributed by atoms with Crippen LogP contribution < -0.4 is 0 Å². The van der Waals surface area contributed by atoms with Crippen LogP contribution in [-0.2, 0) is 6.42 Å². The molecule has 1 N–H and O–H groups in total. The summed E-state index contributed by atoms with van der Waals surface area (Å²) in [5.41, 5.74) is 2.51. The average Bonchev–Trinajstić information content (AvgIpc) is 3.12. The van der Waals surface area contributed by atoms with Crippen molar-refractivity contribution in [2.45, 2.75) is 18.8 Å². The van der Waals surface area contributed by atoms with E-state index in [0.717, 1.165) is 23.1 Å². The Bertz CT molecular complexity index is 1210. The van der Waals surface area contributed by atoms with Gasteiger partial charge in [-0.05, 0) is 48.2 Å². The Morgan fingerprint density at radius 3 is 2.42 bits per heavy atom. The molecule has 3 aromatic rings. The Morgan fingerprint density at radius 2 is 1.68 bits per heavy atom. The first-order valence-corrected chi connectivity index (χ1v) is 11.2. The molecule has 154 valence electrons. The fourth-order valence-electron chi connectivity index (χ4n) is 4.61. The zero-order valence-corrected chi connectivity index (χ0v) is 18.1. The van der Waals surface area contributed by atoms with Gasteiger partial charge in [-0.2, -0.15) is 0 Å². The fraction of sp³-hybridized carbons (Fsp3) is 0.160. The largest absolute Gasteiger partial charge is 0.410 e. The van der Waals surface area contributed by atoms with Crippen molar-refractivity contribution in [3.8, 4) is 0 Å². The van der Waals surface area contributed by atoms with E-state index in [2.05, 4.69) is 5.16 Å². The number of hydrogen-bond acceptors (Lipinski definition) is 5. The summed E-state index contributed by atoms with van der Waals surface area (Å²) in [6.45, 7) is 0. The van der Waals surface area contributed by atoms with E-state index < -0.39 is 11.3 Å². The van der Waals surface area contributed by atoms with Gasteiger partial charge in [0.25, 0.3) is 0 Å². The maximum absolute atomic E-state index is 14.1. The molecular weight excluding hydrogens is 428 g/mol. The van der Waals surface area contributed by atoms with Gasteiger partial charge in [-0.1, -0.05) is 83.1 Å². The number of carbonyl (C=O) groups is 1. The van der Waals surface area contributed by atoms with Gasteiger partial charge in [0.05, 0.1) is 22.1 Å². The number of halogens is 1. The molecule has 0 unspecified atom stereocenters. The summed E-state index contributed by atoms with van der Waals surface area (Å²) >= 11 is 7.33. The van der Waals surface area contributed by atoms with Gasteiger partial charge in [0.15, 0.2) is 5.78 Å². The van der Waals surface area contributed by atoms with Gasteiger partial charge in [0.2, 0.25) is 0 Å². The van der Waals surface area contributed by atoms with Crippen molar-refractivity contribution < 1.29 is 10.0 Å². The molecule has 2 aliphatic rings. The molecule has 3 aromatic carbocycles. The van der Waals surface area contributed by atoms with Crippen LogP contribution in [0.5, 0.6) is 0 Å². The van der Waals surface area contributed by atoms with Crippen LogP contribution in [0.4, 0.5) is 5.69 Å². The predicted molar refractivity (Wildman–Crippen MR) is 126 cm³/mol. The lowest BCUT2D eigenvalue weighted by atomic mass is 9.62. The number of benzene rings is 3. The summed E-state index contributed by atoms with van der Waals surface area (Å²) < 4.78 is 0. The molecule has 0 aromatic heterocycles. The van der Waals surface area contributed by atoms with E-state index in [1.807, 2.05) is 66.7 Å². The average molecular weight is 447 g/mol. The molecule has 0 saturated carbocycles. The monoisotopic (exact) mass is 446 g/mol. The van der Waals surface area contributed by atoms with Crippen molar-refractivity contribution in [1.29, 1.82) is 0 Å². The van der Waals surface area contributed by atoms with Gasteiger partial charge in [0, 0.05) is 10.6 Å².